The highest BCUT2D eigenvalue weighted by Crippen LogP contribution is 2.50. The smallest absolute Gasteiger partial charge is 0.135 e. The molecule has 0 amide bonds. The molecule has 2 heterocycles. The molecule has 3 nitrogen and oxygen atoms in total. The largest absolute Gasteiger partial charge is 0.456 e. The molecule has 0 unspecified atom stereocenters. The molecular weight excluding hydrogens is 989 g/mol. The third-order valence-corrected chi connectivity index (χ3v) is 17.3. The molecular formula is C76H48N2OS. The van der Waals surface area contributed by atoms with Gasteiger partial charge in [-0.2, -0.15) is 0 Å². The molecule has 0 aliphatic carbocycles. The number of hydrogen-bond acceptors (Lipinski definition) is 4. The van der Waals surface area contributed by atoms with Gasteiger partial charge in [-0.15, -0.1) is 11.3 Å². The fourth-order valence-corrected chi connectivity index (χ4v) is 13.5. The zero-order valence-electron chi connectivity index (χ0n) is 43.4. The Labute approximate surface area is 466 Å². The lowest BCUT2D eigenvalue weighted by molar-refractivity contribution is 0.669. The molecule has 374 valence electrons. The predicted octanol–water partition coefficient (Wildman–Crippen LogP) is 22.5. The minimum Gasteiger partial charge on any atom is -0.456 e. The van der Waals surface area contributed by atoms with E-state index in [0.717, 1.165) is 111 Å². The van der Waals surface area contributed by atoms with Crippen LogP contribution in [0.2, 0.25) is 0 Å². The first kappa shape index (κ1) is 45.9. The monoisotopic (exact) mass is 1040 g/mol. The third-order valence-electron chi connectivity index (χ3n) is 16.1. The quantitative estimate of drug-likeness (QED) is 0.144. The summed E-state index contributed by atoms with van der Waals surface area (Å²) in [6.07, 6.45) is 0. The molecule has 0 bridgehead atoms. The molecule has 14 aromatic carbocycles. The van der Waals surface area contributed by atoms with Gasteiger partial charge in [0.1, 0.15) is 11.2 Å². The van der Waals surface area contributed by atoms with E-state index in [0.29, 0.717) is 0 Å². The first-order chi connectivity index (χ1) is 39.6. The van der Waals surface area contributed by atoms with Crippen molar-refractivity contribution in [3.63, 3.8) is 0 Å². The molecule has 0 saturated carbocycles. The van der Waals surface area contributed by atoms with Crippen LogP contribution in [0.1, 0.15) is 0 Å². The van der Waals surface area contributed by atoms with E-state index in [4.69, 9.17) is 4.42 Å². The van der Waals surface area contributed by atoms with Gasteiger partial charge in [0.2, 0.25) is 0 Å². The van der Waals surface area contributed by atoms with E-state index >= 15 is 0 Å². The van der Waals surface area contributed by atoms with Crippen LogP contribution in [0.25, 0.3) is 119 Å². The van der Waals surface area contributed by atoms with E-state index < -0.39 is 0 Å². The van der Waals surface area contributed by atoms with E-state index in [2.05, 4.69) is 295 Å². The molecule has 0 N–H and O–H groups in total. The molecule has 0 radical (unpaired) electrons. The first-order valence-electron chi connectivity index (χ1n) is 27.3. The van der Waals surface area contributed by atoms with Gasteiger partial charge >= 0.3 is 0 Å². The maximum absolute atomic E-state index is 6.41. The zero-order chi connectivity index (χ0) is 52.7. The topological polar surface area (TPSA) is 19.6 Å². The Hall–Kier alpha value is -10.3. The van der Waals surface area contributed by atoms with Crippen LogP contribution in [0, 0.1) is 0 Å². The molecule has 16 aromatic rings. The molecule has 0 atom stereocenters. The highest BCUT2D eigenvalue weighted by Gasteiger charge is 2.25. The average Bonchev–Trinajstić information content (AvgIpc) is 4.19. The van der Waals surface area contributed by atoms with Crippen LogP contribution in [0.5, 0.6) is 0 Å². The van der Waals surface area contributed by atoms with Gasteiger partial charge in [-0.3, -0.25) is 0 Å². The highest BCUT2D eigenvalue weighted by atomic mass is 32.1. The van der Waals surface area contributed by atoms with Crippen LogP contribution in [-0.4, -0.2) is 0 Å². The summed E-state index contributed by atoms with van der Waals surface area (Å²) in [5.74, 6) is 0. The molecule has 80 heavy (non-hydrogen) atoms. The second kappa shape index (κ2) is 18.7. The number of nitrogens with zero attached hydrogens (tertiary/aromatic N) is 2. The van der Waals surface area contributed by atoms with Crippen LogP contribution in [-0.2, 0) is 0 Å². The van der Waals surface area contributed by atoms with Gasteiger partial charge in [0.05, 0.1) is 22.7 Å². The Morgan fingerprint density at radius 3 is 1.10 bits per heavy atom. The molecule has 4 heteroatoms. The van der Waals surface area contributed by atoms with Gasteiger partial charge in [0.25, 0.3) is 0 Å². The van der Waals surface area contributed by atoms with Gasteiger partial charge < -0.3 is 14.2 Å². The van der Waals surface area contributed by atoms with Crippen LogP contribution >= 0.6 is 11.3 Å². The minimum atomic E-state index is 0.877. The molecule has 0 saturated heterocycles. The molecule has 2 aromatic heterocycles. The van der Waals surface area contributed by atoms with E-state index in [1.54, 1.807) is 0 Å². The van der Waals surface area contributed by atoms with Crippen LogP contribution in [0.3, 0.4) is 0 Å². The second-order valence-electron chi connectivity index (χ2n) is 20.8. The van der Waals surface area contributed by atoms with E-state index in [9.17, 15) is 0 Å². The Balaban J connectivity index is 1.02. The number of fused-ring (bicyclic) bond motifs is 10. The fourth-order valence-electron chi connectivity index (χ4n) is 12.4. The number of rotatable bonds is 9. The summed E-state index contributed by atoms with van der Waals surface area (Å²) in [5, 5.41) is 14.1. The van der Waals surface area contributed by atoms with Crippen molar-refractivity contribution in [3.8, 4) is 33.4 Å². The van der Waals surface area contributed by atoms with Crippen molar-refractivity contribution in [2.45, 2.75) is 0 Å². The van der Waals surface area contributed by atoms with Crippen LogP contribution in [0.4, 0.5) is 34.1 Å². The number of hydrogen-bond donors (Lipinski definition) is 0. The first-order valence-corrected chi connectivity index (χ1v) is 28.1. The highest BCUT2D eigenvalue weighted by molar-refractivity contribution is 7.25. The van der Waals surface area contributed by atoms with Crippen LogP contribution in [0.15, 0.2) is 296 Å². The van der Waals surface area contributed by atoms with Gasteiger partial charge in [-0.05, 0) is 152 Å². The van der Waals surface area contributed by atoms with Crippen molar-refractivity contribution in [3.05, 3.63) is 291 Å². The maximum atomic E-state index is 6.41. The summed E-state index contributed by atoms with van der Waals surface area (Å²) in [7, 11) is 0. The summed E-state index contributed by atoms with van der Waals surface area (Å²) in [6.45, 7) is 0. The van der Waals surface area contributed by atoms with Crippen LogP contribution < -0.4 is 9.80 Å². The lowest BCUT2D eigenvalue weighted by Gasteiger charge is -2.32. The Kier molecular flexibility index (Phi) is 10.7. The Morgan fingerprint density at radius 1 is 0.225 bits per heavy atom. The summed E-state index contributed by atoms with van der Waals surface area (Å²) in [5.41, 5.74) is 14.9. The lowest BCUT2D eigenvalue weighted by atomic mass is 9.91. The molecule has 0 spiro atoms. The van der Waals surface area contributed by atoms with Crippen molar-refractivity contribution in [1.29, 1.82) is 0 Å². The summed E-state index contributed by atoms with van der Waals surface area (Å²) < 4.78 is 8.99. The van der Waals surface area contributed by atoms with Gasteiger partial charge in [0, 0.05) is 63.9 Å². The SMILES string of the molecule is c1ccc2c(N(c3cc(-c4cc(-c5ccc6oc7ccccc7c6c5)cc(-c5ccc6sc7ccccc7c6c5)c4)cc(N(c4cccc5ccccc45)c4cccc5ccccc45)c3)c3cccc4ccccc34)cccc2c1. The summed E-state index contributed by atoms with van der Waals surface area (Å²) >= 11 is 1.85. The fraction of sp³-hybridized carbons (Fsp3) is 0. The van der Waals surface area contributed by atoms with E-state index in [1.165, 1.54) is 41.7 Å². The number of benzene rings is 14. The third kappa shape index (κ3) is 7.72. The number of furan rings is 1. The molecule has 0 fully saturated rings. The van der Waals surface area contributed by atoms with Gasteiger partial charge in [0.15, 0.2) is 0 Å². The molecule has 0 aliphatic heterocycles. The standard InChI is InChI=1S/C76H48N2OS/c1-5-25-61-49(17-1)21-13-31-69(61)77(70-32-14-22-50-18-2-6-26-62(50)70)59-44-58(45-60(48-59)78(71-33-15-23-51-19-3-7-27-63(51)71)72-34-16-24-52-20-4-8-28-64(52)72)57-42-55(53-37-39-74-67(46-53)65-29-9-11-35-73(65)79-74)41-56(43-57)54-38-40-76-68(47-54)66-30-10-12-36-75(66)80-76/h1-48H. The van der Waals surface area contributed by atoms with Crippen molar-refractivity contribution < 1.29 is 4.42 Å². The van der Waals surface area contributed by atoms with E-state index in [-0.39, 0.29) is 0 Å². The second-order valence-corrected chi connectivity index (χ2v) is 21.9. The van der Waals surface area contributed by atoms with Crippen molar-refractivity contribution >= 4 is 131 Å². The number of anilines is 6. The predicted molar refractivity (Wildman–Crippen MR) is 342 cm³/mol. The van der Waals surface area contributed by atoms with Gasteiger partial charge in [-0.1, -0.05) is 194 Å². The zero-order valence-corrected chi connectivity index (χ0v) is 44.2. The number of thiophene rings is 1. The minimum absolute atomic E-state index is 0.877. The Bertz CT molecular complexity index is 4630. The van der Waals surface area contributed by atoms with E-state index in [1.807, 2.05) is 17.4 Å². The Morgan fingerprint density at radius 2 is 0.588 bits per heavy atom. The maximum Gasteiger partial charge on any atom is 0.135 e. The average molecular weight is 1040 g/mol. The number of para-hydroxylation sites is 1. The van der Waals surface area contributed by atoms with Crippen molar-refractivity contribution in [2.75, 3.05) is 9.80 Å². The molecule has 16 rings (SSSR count). The summed E-state index contributed by atoms with van der Waals surface area (Å²) in [6, 6.07) is 107. The van der Waals surface area contributed by atoms with Gasteiger partial charge in [-0.25, -0.2) is 0 Å². The van der Waals surface area contributed by atoms with Crippen molar-refractivity contribution in [2.24, 2.45) is 0 Å². The molecule has 0 aliphatic rings. The summed E-state index contributed by atoms with van der Waals surface area (Å²) in [4.78, 5) is 5.00. The normalized spacial score (nSPS) is 11.8. The lowest BCUT2D eigenvalue weighted by Crippen LogP contribution is -2.14. The van der Waals surface area contributed by atoms with Crippen molar-refractivity contribution in [1.82, 2.24) is 0 Å².